The molecule has 0 spiro atoms. The Hall–Kier alpha value is -2.66. The first-order valence-corrected chi connectivity index (χ1v) is 7.69. The zero-order valence-electron chi connectivity index (χ0n) is 12.8. The standard InChI is InChI=1S/C18H13ClO5/c1-21-12-2-3-15-13(7-12)17(20)11(8-22-15)4-10-5-14(19)18-16(6-10)23-9-24-18/h2-7H,8-9H2,1H3. The first-order valence-electron chi connectivity index (χ1n) is 7.31. The predicted molar refractivity (Wildman–Crippen MR) is 88.4 cm³/mol. The number of halogens is 1. The number of rotatable bonds is 2. The zero-order valence-corrected chi connectivity index (χ0v) is 13.6. The number of hydrogen-bond donors (Lipinski definition) is 0. The summed E-state index contributed by atoms with van der Waals surface area (Å²) in [5.41, 5.74) is 1.77. The van der Waals surface area contributed by atoms with E-state index >= 15 is 0 Å². The van der Waals surface area contributed by atoms with Gasteiger partial charge in [-0.25, -0.2) is 0 Å². The quantitative estimate of drug-likeness (QED) is 0.777. The summed E-state index contributed by atoms with van der Waals surface area (Å²) in [6, 6.07) is 8.70. The van der Waals surface area contributed by atoms with Crippen molar-refractivity contribution in [3.63, 3.8) is 0 Å². The summed E-state index contributed by atoms with van der Waals surface area (Å²) in [6.07, 6.45) is 1.75. The molecule has 2 aromatic rings. The summed E-state index contributed by atoms with van der Waals surface area (Å²) in [5, 5.41) is 0.447. The van der Waals surface area contributed by atoms with Gasteiger partial charge in [0.25, 0.3) is 0 Å². The molecule has 0 amide bonds. The van der Waals surface area contributed by atoms with E-state index in [-0.39, 0.29) is 19.2 Å². The molecule has 122 valence electrons. The maximum absolute atomic E-state index is 12.7. The number of methoxy groups -OCH3 is 1. The first-order chi connectivity index (χ1) is 11.7. The van der Waals surface area contributed by atoms with E-state index in [9.17, 15) is 4.79 Å². The van der Waals surface area contributed by atoms with Gasteiger partial charge in [0, 0.05) is 5.57 Å². The Bertz CT molecular complexity index is 872. The number of carbonyl (C=O) groups excluding carboxylic acids is 1. The Balaban J connectivity index is 1.71. The molecular formula is C18H13ClO5. The number of Topliss-reactive ketones (excluding diaryl/α,β-unsaturated/α-hetero) is 1. The number of ketones is 1. The van der Waals surface area contributed by atoms with Crippen molar-refractivity contribution in [2.24, 2.45) is 0 Å². The molecule has 2 aromatic carbocycles. The molecule has 0 atom stereocenters. The van der Waals surface area contributed by atoms with Crippen LogP contribution >= 0.6 is 11.6 Å². The van der Waals surface area contributed by atoms with Crippen LogP contribution in [0, 0.1) is 0 Å². The number of fused-ring (bicyclic) bond motifs is 2. The molecule has 0 saturated heterocycles. The molecule has 0 bridgehead atoms. The van der Waals surface area contributed by atoms with Gasteiger partial charge in [0.2, 0.25) is 6.79 Å². The summed E-state index contributed by atoms with van der Waals surface area (Å²) in [5.74, 6) is 2.17. The van der Waals surface area contributed by atoms with E-state index < -0.39 is 0 Å². The third-order valence-corrected chi connectivity index (χ3v) is 4.18. The summed E-state index contributed by atoms with van der Waals surface area (Å²) in [4.78, 5) is 12.7. The van der Waals surface area contributed by atoms with Crippen LogP contribution in [0.15, 0.2) is 35.9 Å². The molecule has 4 rings (SSSR count). The van der Waals surface area contributed by atoms with E-state index in [4.69, 9.17) is 30.5 Å². The van der Waals surface area contributed by atoms with Crippen LogP contribution in [0.3, 0.4) is 0 Å². The summed E-state index contributed by atoms with van der Waals surface area (Å²) in [6.45, 7) is 0.342. The molecule has 24 heavy (non-hydrogen) atoms. The fraction of sp³-hybridized carbons (Fsp3) is 0.167. The van der Waals surface area contributed by atoms with Gasteiger partial charge >= 0.3 is 0 Å². The van der Waals surface area contributed by atoms with E-state index in [1.165, 1.54) is 0 Å². The Kier molecular flexibility index (Phi) is 3.58. The fourth-order valence-electron chi connectivity index (χ4n) is 2.71. The lowest BCUT2D eigenvalue weighted by Crippen LogP contribution is -2.19. The van der Waals surface area contributed by atoms with Gasteiger partial charge in [-0.2, -0.15) is 0 Å². The van der Waals surface area contributed by atoms with Gasteiger partial charge < -0.3 is 18.9 Å². The third-order valence-electron chi connectivity index (χ3n) is 3.90. The number of benzene rings is 2. The van der Waals surface area contributed by atoms with Crippen molar-refractivity contribution in [1.29, 1.82) is 0 Å². The Morgan fingerprint density at radius 2 is 2.00 bits per heavy atom. The van der Waals surface area contributed by atoms with E-state index in [1.807, 2.05) is 0 Å². The Morgan fingerprint density at radius 3 is 2.83 bits per heavy atom. The second-order valence-corrected chi connectivity index (χ2v) is 5.79. The van der Waals surface area contributed by atoms with Gasteiger partial charge in [-0.3, -0.25) is 4.79 Å². The highest BCUT2D eigenvalue weighted by atomic mass is 35.5. The van der Waals surface area contributed by atoms with Gasteiger partial charge in [-0.05, 0) is 42.0 Å². The number of carbonyl (C=O) groups is 1. The average Bonchev–Trinajstić information content (AvgIpc) is 3.06. The topological polar surface area (TPSA) is 54.0 Å². The lowest BCUT2D eigenvalue weighted by atomic mass is 9.98. The SMILES string of the molecule is COc1ccc2c(c1)C(=O)C(=Cc1cc(Cl)c3c(c1)OCO3)CO2. The largest absolute Gasteiger partial charge is 0.497 e. The van der Waals surface area contributed by atoms with E-state index in [2.05, 4.69) is 0 Å². The van der Waals surface area contributed by atoms with E-state index in [0.717, 1.165) is 5.56 Å². The van der Waals surface area contributed by atoms with Gasteiger partial charge in [-0.15, -0.1) is 0 Å². The van der Waals surface area contributed by atoms with Gasteiger partial charge in [0.05, 0.1) is 17.7 Å². The number of ether oxygens (including phenoxy) is 4. The zero-order chi connectivity index (χ0) is 16.7. The second-order valence-electron chi connectivity index (χ2n) is 5.39. The van der Waals surface area contributed by atoms with E-state index in [0.29, 0.717) is 39.2 Å². The lowest BCUT2D eigenvalue weighted by molar-refractivity contribution is 0.100. The monoisotopic (exact) mass is 344 g/mol. The molecular weight excluding hydrogens is 332 g/mol. The molecule has 5 nitrogen and oxygen atoms in total. The van der Waals surface area contributed by atoms with Crippen molar-refractivity contribution >= 4 is 23.5 Å². The second kappa shape index (κ2) is 5.76. The molecule has 0 radical (unpaired) electrons. The van der Waals surface area contributed by atoms with Crippen LogP contribution in [0.1, 0.15) is 15.9 Å². The molecule has 0 N–H and O–H groups in total. The third kappa shape index (κ3) is 2.47. The molecule has 0 aliphatic carbocycles. The van der Waals surface area contributed by atoms with Crippen molar-refractivity contribution in [2.75, 3.05) is 20.5 Å². The minimum absolute atomic E-state index is 0.0936. The molecule has 0 fully saturated rings. The van der Waals surface area contributed by atoms with Crippen molar-refractivity contribution < 1.29 is 23.7 Å². The Labute approximate surface area is 143 Å². The molecule has 2 aliphatic heterocycles. The van der Waals surface area contributed by atoms with Crippen LogP contribution in [0.2, 0.25) is 5.02 Å². The van der Waals surface area contributed by atoms with Crippen LogP contribution in [-0.2, 0) is 0 Å². The highest BCUT2D eigenvalue weighted by Crippen LogP contribution is 2.40. The minimum atomic E-state index is -0.0936. The lowest BCUT2D eigenvalue weighted by Gasteiger charge is -2.19. The number of hydrogen-bond acceptors (Lipinski definition) is 5. The molecule has 6 heteroatoms. The minimum Gasteiger partial charge on any atom is -0.497 e. The molecule has 0 aromatic heterocycles. The summed E-state index contributed by atoms with van der Waals surface area (Å²) < 4.78 is 21.5. The average molecular weight is 345 g/mol. The van der Waals surface area contributed by atoms with Crippen molar-refractivity contribution in [3.8, 4) is 23.0 Å². The highest BCUT2D eigenvalue weighted by molar-refractivity contribution is 6.32. The molecule has 0 unspecified atom stereocenters. The van der Waals surface area contributed by atoms with Crippen LogP contribution in [0.5, 0.6) is 23.0 Å². The smallest absolute Gasteiger partial charge is 0.231 e. The van der Waals surface area contributed by atoms with Crippen molar-refractivity contribution in [1.82, 2.24) is 0 Å². The van der Waals surface area contributed by atoms with E-state index in [1.54, 1.807) is 43.5 Å². The van der Waals surface area contributed by atoms with Crippen LogP contribution in [0.25, 0.3) is 6.08 Å². The molecule has 2 heterocycles. The Morgan fingerprint density at radius 1 is 1.12 bits per heavy atom. The van der Waals surface area contributed by atoms with Crippen LogP contribution < -0.4 is 18.9 Å². The van der Waals surface area contributed by atoms with Crippen LogP contribution in [0.4, 0.5) is 0 Å². The first kappa shape index (κ1) is 14.9. The van der Waals surface area contributed by atoms with Crippen molar-refractivity contribution in [2.45, 2.75) is 0 Å². The fourth-order valence-corrected chi connectivity index (χ4v) is 2.99. The van der Waals surface area contributed by atoms with Crippen LogP contribution in [-0.4, -0.2) is 26.3 Å². The van der Waals surface area contributed by atoms with Crippen molar-refractivity contribution in [3.05, 3.63) is 52.1 Å². The van der Waals surface area contributed by atoms with Gasteiger partial charge in [0.1, 0.15) is 18.1 Å². The maximum Gasteiger partial charge on any atom is 0.231 e. The highest BCUT2D eigenvalue weighted by Gasteiger charge is 2.25. The predicted octanol–water partition coefficient (Wildman–Crippen LogP) is 3.74. The molecule has 2 aliphatic rings. The molecule has 0 saturated carbocycles. The normalized spacial score (nSPS) is 16.8. The summed E-state index contributed by atoms with van der Waals surface area (Å²) in [7, 11) is 1.56. The summed E-state index contributed by atoms with van der Waals surface area (Å²) >= 11 is 6.18. The van der Waals surface area contributed by atoms with Gasteiger partial charge in [0.15, 0.2) is 17.3 Å². The maximum atomic E-state index is 12.7. The van der Waals surface area contributed by atoms with Gasteiger partial charge in [-0.1, -0.05) is 11.6 Å².